The van der Waals surface area contributed by atoms with E-state index in [0.29, 0.717) is 18.3 Å². The Bertz CT molecular complexity index is 1200. The summed E-state index contributed by atoms with van der Waals surface area (Å²) in [5.41, 5.74) is 1.16. The molecular formula is C19H20Cl2N4O4S. The summed E-state index contributed by atoms with van der Waals surface area (Å²) in [6.07, 6.45) is 3.47. The van der Waals surface area contributed by atoms with E-state index in [1.54, 1.807) is 16.9 Å². The number of carbonyl (C=O) groups is 1. The number of aromatic nitrogens is 4. The summed E-state index contributed by atoms with van der Waals surface area (Å²) in [6.45, 7) is 4.61. The van der Waals surface area contributed by atoms with E-state index in [4.69, 9.17) is 27.9 Å². The second kappa shape index (κ2) is 8.79. The second-order valence-electron chi connectivity index (χ2n) is 6.55. The molecule has 160 valence electrons. The van der Waals surface area contributed by atoms with Crippen molar-refractivity contribution in [3.63, 3.8) is 0 Å². The average Bonchev–Trinajstić information content (AvgIpc) is 3.28. The summed E-state index contributed by atoms with van der Waals surface area (Å²) in [4.78, 5) is 11.6. The molecule has 0 spiro atoms. The largest absolute Gasteiger partial charge is 0.419 e. The molecule has 0 aliphatic carbocycles. The van der Waals surface area contributed by atoms with Crippen molar-refractivity contribution in [1.82, 2.24) is 19.6 Å². The van der Waals surface area contributed by atoms with Crippen molar-refractivity contribution >= 4 is 38.3 Å². The van der Waals surface area contributed by atoms with Crippen LogP contribution in [0.3, 0.4) is 0 Å². The summed E-state index contributed by atoms with van der Waals surface area (Å²) >= 11 is 11.9. The molecule has 0 saturated heterocycles. The Labute approximate surface area is 184 Å². The molecule has 0 amide bonds. The van der Waals surface area contributed by atoms with Crippen LogP contribution in [0.1, 0.15) is 35.5 Å². The molecule has 11 heteroatoms. The van der Waals surface area contributed by atoms with Crippen molar-refractivity contribution in [1.29, 1.82) is 0 Å². The fraction of sp³-hybridized carbons (Fsp3) is 0.316. The van der Waals surface area contributed by atoms with Crippen molar-refractivity contribution in [2.75, 3.05) is 6.26 Å². The number of sulfone groups is 1. The minimum absolute atomic E-state index is 0.00350. The Morgan fingerprint density at radius 2 is 1.93 bits per heavy atom. The first-order chi connectivity index (χ1) is 14.1. The van der Waals surface area contributed by atoms with Gasteiger partial charge in [-0.3, -0.25) is 9.48 Å². The van der Waals surface area contributed by atoms with Crippen LogP contribution in [0.5, 0.6) is 11.8 Å². The Kier molecular flexibility index (Phi) is 6.54. The lowest BCUT2D eigenvalue weighted by molar-refractivity contribution is 0.108. The molecule has 2 heterocycles. The molecule has 0 bridgehead atoms. The molecule has 8 nitrogen and oxygen atoms in total. The van der Waals surface area contributed by atoms with E-state index >= 15 is 0 Å². The summed E-state index contributed by atoms with van der Waals surface area (Å²) in [7, 11) is -3.59. The topological polar surface area (TPSA) is 96.1 Å². The van der Waals surface area contributed by atoms with Gasteiger partial charge in [0.25, 0.3) is 5.24 Å². The van der Waals surface area contributed by atoms with Gasteiger partial charge in [-0.1, -0.05) is 18.5 Å². The molecule has 0 radical (unpaired) electrons. The van der Waals surface area contributed by atoms with Crippen LogP contribution in [0.25, 0.3) is 0 Å². The van der Waals surface area contributed by atoms with Gasteiger partial charge in [-0.2, -0.15) is 5.10 Å². The lowest BCUT2D eigenvalue weighted by atomic mass is 10.1. The third-order valence-corrected chi connectivity index (χ3v) is 6.23. The smallest absolute Gasteiger partial charge is 0.253 e. The van der Waals surface area contributed by atoms with Gasteiger partial charge in [0.15, 0.2) is 9.84 Å². The third-order valence-electron chi connectivity index (χ3n) is 4.41. The van der Waals surface area contributed by atoms with Crippen molar-refractivity contribution in [2.24, 2.45) is 0 Å². The van der Waals surface area contributed by atoms with Crippen LogP contribution in [0.15, 0.2) is 35.4 Å². The second-order valence-corrected chi connectivity index (χ2v) is 9.25. The highest BCUT2D eigenvalue weighted by Gasteiger charge is 2.22. The highest BCUT2D eigenvalue weighted by molar-refractivity contribution is 7.90. The van der Waals surface area contributed by atoms with Crippen LogP contribution in [0.2, 0.25) is 5.02 Å². The van der Waals surface area contributed by atoms with Crippen molar-refractivity contribution in [3.8, 4) is 11.8 Å². The first-order valence-electron chi connectivity index (χ1n) is 9.13. The SMILES string of the molecule is CCc1cc(Oc2ccn(Cc3c(S(C)(=O)=O)ccc(C(=O)Cl)c3Cl)n2)n(CC)n1. The number of halogens is 2. The van der Waals surface area contributed by atoms with E-state index in [0.717, 1.165) is 18.4 Å². The molecule has 0 aliphatic rings. The zero-order chi connectivity index (χ0) is 22.1. The number of hydrogen-bond donors (Lipinski definition) is 0. The number of carbonyl (C=O) groups excluding carboxylic acids is 1. The van der Waals surface area contributed by atoms with Gasteiger partial charge in [0.05, 0.1) is 27.7 Å². The Morgan fingerprint density at radius 1 is 1.20 bits per heavy atom. The fourth-order valence-corrected chi connectivity index (χ4v) is 4.44. The van der Waals surface area contributed by atoms with E-state index in [1.165, 1.54) is 16.8 Å². The molecule has 0 N–H and O–H groups in total. The standard InChI is InChI=1S/C19H20Cl2N4O4S/c1-4-12-10-17(25(5-2)22-12)29-16-8-9-24(23-16)11-14-15(30(3,27)28)7-6-13(18(14)20)19(21)26/h6-10H,4-5,11H2,1-3H3. The maximum Gasteiger partial charge on any atom is 0.253 e. The number of ether oxygens (including phenoxy) is 1. The average molecular weight is 471 g/mol. The normalized spacial score (nSPS) is 11.6. The summed E-state index contributed by atoms with van der Waals surface area (Å²) in [5, 5.41) is 7.96. The Morgan fingerprint density at radius 3 is 2.53 bits per heavy atom. The predicted molar refractivity (Wildman–Crippen MR) is 113 cm³/mol. The highest BCUT2D eigenvalue weighted by atomic mass is 35.5. The van der Waals surface area contributed by atoms with Crippen molar-refractivity contribution in [3.05, 3.63) is 52.3 Å². The lowest BCUT2D eigenvalue weighted by Gasteiger charge is -2.12. The number of aryl methyl sites for hydroxylation is 2. The first-order valence-corrected chi connectivity index (χ1v) is 11.8. The van der Waals surface area contributed by atoms with Gasteiger partial charge in [-0.15, -0.1) is 5.10 Å². The lowest BCUT2D eigenvalue weighted by Crippen LogP contribution is -2.10. The van der Waals surface area contributed by atoms with Gasteiger partial charge in [0.1, 0.15) is 0 Å². The van der Waals surface area contributed by atoms with E-state index in [1.807, 2.05) is 19.9 Å². The molecule has 0 fully saturated rings. The number of benzene rings is 1. The van der Waals surface area contributed by atoms with E-state index in [2.05, 4.69) is 10.2 Å². The van der Waals surface area contributed by atoms with Crippen LogP contribution < -0.4 is 4.74 Å². The Hall–Kier alpha value is -2.36. The zero-order valence-electron chi connectivity index (χ0n) is 16.6. The first kappa shape index (κ1) is 22.3. The molecule has 30 heavy (non-hydrogen) atoms. The van der Waals surface area contributed by atoms with Gasteiger partial charge in [0.2, 0.25) is 11.8 Å². The Balaban J connectivity index is 1.93. The molecule has 0 saturated carbocycles. The van der Waals surface area contributed by atoms with Crippen LogP contribution in [0.4, 0.5) is 0 Å². The third kappa shape index (κ3) is 4.69. The van der Waals surface area contributed by atoms with Crippen LogP contribution in [0, 0.1) is 0 Å². The summed E-state index contributed by atoms with van der Waals surface area (Å²) in [6, 6.07) is 6.10. The number of nitrogens with zero attached hydrogens (tertiary/aromatic N) is 4. The predicted octanol–water partition coefficient (Wildman–Crippen LogP) is 3.94. The number of hydrogen-bond acceptors (Lipinski definition) is 6. The van der Waals surface area contributed by atoms with Gasteiger partial charge in [-0.05, 0) is 37.1 Å². The zero-order valence-corrected chi connectivity index (χ0v) is 18.9. The van der Waals surface area contributed by atoms with Gasteiger partial charge < -0.3 is 4.74 Å². The number of rotatable bonds is 8. The molecule has 3 rings (SSSR count). The quantitative estimate of drug-likeness (QED) is 0.462. The molecular weight excluding hydrogens is 451 g/mol. The highest BCUT2D eigenvalue weighted by Crippen LogP contribution is 2.30. The van der Waals surface area contributed by atoms with E-state index in [9.17, 15) is 13.2 Å². The van der Waals surface area contributed by atoms with Gasteiger partial charge >= 0.3 is 0 Å². The molecule has 0 atom stereocenters. The minimum Gasteiger partial charge on any atom is -0.419 e. The van der Waals surface area contributed by atoms with Crippen LogP contribution in [-0.2, 0) is 29.3 Å². The molecule has 1 aromatic carbocycles. The molecule has 2 aromatic heterocycles. The molecule has 0 unspecified atom stereocenters. The summed E-state index contributed by atoms with van der Waals surface area (Å²) in [5.74, 6) is 0.873. The van der Waals surface area contributed by atoms with E-state index in [-0.39, 0.29) is 27.6 Å². The van der Waals surface area contributed by atoms with Gasteiger partial charge in [-0.25, -0.2) is 13.1 Å². The molecule has 3 aromatic rings. The van der Waals surface area contributed by atoms with Crippen LogP contribution in [-0.4, -0.2) is 39.5 Å². The van der Waals surface area contributed by atoms with Crippen molar-refractivity contribution in [2.45, 2.75) is 38.3 Å². The van der Waals surface area contributed by atoms with Gasteiger partial charge in [0, 0.05) is 36.7 Å². The fourth-order valence-electron chi connectivity index (χ4n) is 2.94. The monoisotopic (exact) mass is 470 g/mol. The summed E-state index contributed by atoms with van der Waals surface area (Å²) < 4.78 is 33.4. The minimum atomic E-state index is -3.59. The van der Waals surface area contributed by atoms with Crippen LogP contribution >= 0.6 is 23.2 Å². The maximum atomic E-state index is 12.2. The van der Waals surface area contributed by atoms with E-state index < -0.39 is 15.1 Å². The molecule has 0 aliphatic heterocycles. The maximum absolute atomic E-state index is 12.2. The van der Waals surface area contributed by atoms with Crippen molar-refractivity contribution < 1.29 is 17.9 Å².